The van der Waals surface area contributed by atoms with Crippen molar-refractivity contribution >= 4 is 12.1 Å². The summed E-state index contributed by atoms with van der Waals surface area (Å²) < 4.78 is 0.883. The van der Waals surface area contributed by atoms with Gasteiger partial charge < -0.3 is 5.32 Å². The molecule has 3 unspecified atom stereocenters. The molecule has 1 amide bonds. The average molecular weight is 463 g/mol. The van der Waals surface area contributed by atoms with E-state index in [1.54, 1.807) is 6.92 Å². The van der Waals surface area contributed by atoms with Gasteiger partial charge in [-0.15, -0.1) is 0 Å². The van der Waals surface area contributed by atoms with Crippen LogP contribution in [0.3, 0.4) is 0 Å². The quantitative estimate of drug-likeness (QED) is 0.105. The molecule has 4 heteroatoms. The number of carbonyl (C=O) groups is 1. The van der Waals surface area contributed by atoms with Gasteiger partial charge in [0.2, 0.25) is 5.91 Å². The van der Waals surface area contributed by atoms with Gasteiger partial charge in [-0.2, -0.15) is 0 Å². The second-order valence-electron chi connectivity index (χ2n) is 10.2. The van der Waals surface area contributed by atoms with Crippen LogP contribution in [0.25, 0.3) is 0 Å². The molecule has 0 saturated heterocycles. The fourth-order valence-electron chi connectivity index (χ4n) is 5.29. The molecule has 4 nitrogen and oxygen atoms in total. The number of carbonyl (C=O) groups excluding carboxylic acids is 1. The largest absolute Gasteiger partial charge is 0.307 e. The molecule has 0 saturated carbocycles. The highest BCUT2D eigenvalue weighted by atomic mass is 16.1. The summed E-state index contributed by atoms with van der Waals surface area (Å²) in [6.45, 7) is 10.2. The maximum atomic E-state index is 11.5. The molecule has 1 aliphatic heterocycles. The minimum Gasteiger partial charge on any atom is -0.307 e. The van der Waals surface area contributed by atoms with Crippen molar-refractivity contribution < 1.29 is 9.28 Å². The van der Waals surface area contributed by atoms with Crippen LogP contribution in [-0.4, -0.2) is 42.0 Å². The van der Waals surface area contributed by atoms with Gasteiger partial charge in [-0.1, -0.05) is 89.7 Å². The van der Waals surface area contributed by atoms with Crippen molar-refractivity contribution in [1.29, 1.82) is 0 Å². The van der Waals surface area contributed by atoms with E-state index in [0.717, 1.165) is 24.0 Å². The first-order chi connectivity index (χ1) is 16.1. The van der Waals surface area contributed by atoms with Crippen molar-refractivity contribution in [2.24, 2.45) is 4.99 Å². The molecule has 192 valence electrons. The van der Waals surface area contributed by atoms with Crippen LogP contribution < -0.4 is 5.32 Å². The number of unbranched alkanes of at least 4 members (excludes halogenated alkanes) is 14. The lowest BCUT2D eigenvalue weighted by atomic mass is 10.0. The van der Waals surface area contributed by atoms with Crippen molar-refractivity contribution in [2.45, 2.75) is 149 Å². The van der Waals surface area contributed by atoms with E-state index in [4.69, 9.17) is 4.99 Å². The maximum absolute atomic E-state index is 11.5. The second kappa shape index (κ2) is 19.2. The Kier molecular flexibility index (Phi) is 17.4. The van der Waals surface area contributed by atoms with Crippen LogP contribution in [0.2, 0.25) is 0 Å². The Morgan fingerprint density at radius 2 is 1.42 bits per heavy atom. The summed E-state index contributed by atoms with van der Waals surface area (Å²) in [5, 5.41) is 3.12. The standard InChI is InChI=1S/C29H55N3O/c1-5-7-8-9-10-11-12-13-14-15-16-17-18-19-20-21-22-23-24-29-30-25-26-32(29,6-2)27(3)31-28(4)33/h12-13,25,27,29H,5-11,14-24,26H2,1-4H3/p+1/b13-12+. The van der Waals surface area contributed by atoms with Gasteiger partial charge in [0.25, 0.3) is 0 Å². The van der Waals surface area contributed by atoms with E-state index in [1.165, 1.54) is 103 Å². The SMILES string of the molecule is CCCCCCC/C=C/CCCCCCCCCCCC1N=CC[N+]1(CC)C(C)NC(C)=O. The molecule has 1 N–H and O–H groups in total. The molecule has 0 aromatic heterocycles. The molecule has 0 fully saturated rings. The van der Waals surface area contributed by atoms with Crippen molar-refractivity contribution in [3.63, 3.8) is 0 Å². The van der Waals surface area contributed by atoms with Crippen LogP contribution >= 0.6 is 0 Å². The maximum Gasteiger partial charge on any atom is 0.221 e. The van der Waals surface area contributed by atoms with Crippen molar-refractivity contribution in [3.05, 3.63) is 12.2 Å². The first-order valence-electron chi connectivity index (χ1n) is 14.4. The number of amides is 1. The Labute approximate surface area is 206 Å². The normalized spacial score (nSPS) is 21.2. The molecule has 33 heavy (non-hydrogen) atoms. The van der Waals surface area contributed by atoms with E-state index in [2.05, 4.69) is 44.5 Å². The monoisotopic (exact) mass is 462 g/mol. The fraction of sp³-hybridized carbons (Fsp3) is 0.862. The van der Waals surface area contributed by atoms with E-state index in [9.17, 15) is 4.79 Å². The van der Waals surface area contributed by atoms with E-state index in [0.29, 0.717) is 6.17 Å². The number of nitrogens with one attached hydrogen (secondary N) is 1. The number of rotatable bonds is 21. The van der Waals surface area contributed by atoms with Crippen LogP contribution in [0.15, 0.2) is 17.1 Å². The van der Waals surface area contributed by atoms with Gasteiger partial charge in [-0.05, 0) is 39.0 Å². The van der Waals surface area contributed by atoms with Gasteiger partial charge in [0.05, 0.1) is 12.8 Å². The van der Waals surface area contributed by atoms with Crippen LogP contribution in [0.1, 0.15) is 137 Å². The fourth-order valence-corrected chi connectivity index (χ4v) is 5.29. The zero-order chi connectivity index (χ0) is 24.2. The smallest absolute Gasteiger partial charge is 0.221 e. The third-order valence-electron chi connectivity index (χ3n) is 7.54. The number of quaternary nitrogens is 1. The Hall–Kier alpha value is -1.16. The molecule has 1 rings (SSSR count). The highest BCUT2D eigenvalue weighted by molar-refractivity contribution is 5.73. The van der Waals surface area contributed by atoms with Crippen molar-refractivity contribution in [1.82, 2.24) is 5.32 Å². The molecular weight excluding hydrogens is 406 g/mol. The van der Waals surface area contributed by atoms with Gasteiger partial charge in [0.1, 0.15) is 6.54 Å². The number of allylic oxidation sites excluding steroid dienone is 2. The van der Waals surface area contributed by atoms with Gasteiger partial charge in [0.15, 0.2) is 12.3 Å². The lowest BCUT2D eigenvalue weighted by Crippen LogP contribution is -2.63. The minimum atomic E-state index is 0.0590. The third-order valence-corrected chi connectivity index (χ3v) is 7.54. The van der Waals surface area contributed by atoms with Crippen LogP contribution in [0.4, 0.5) is 0 Å². The molecule has 1 heterocycles. The summed E-state index contributed by atoms with van der Waals surface area (Å²) in [7, 11) is 0. The van der Waals surface area contributed by atoms with Crippen LogP contribution in [0, 0.1) is 0 Å². The summed E-state index contributed by atoms with van der Waals surface area (Å²) in [5.74, 6) is 0.0590. The van der Waals surface area contributed by atoms with Crippen LogP contribution in [-0.2, 0) is 4.79 Å². The number of hydrogen-bond donors (Lipinski definition) is 1. The molecule has 0 aliphatic carbocycles. The Bertz CT molecular complexity index is 545. The van der Waals surface area contributed by atoms with Gasteiger partial charge in [0, 0.05) is 20.3 Å². The minimum absolute atomic E-state index is 0.0590. The van der Waals surface area contributed by atoms with E-state index >= 15 is 0 Å². The van der Waals surface area contributed by atoms with Gasteiger partial charge in [-0.3, -0.25) is 9.28 Å². The van der Waals surface area contributed by atoms with E-state index in [-0.39, 0.29) is 12.1 Å². The predicted molar refractivity (Wildman–Crippen MR) is 145 cm³/mol. The molecular formula is C29H56N3O+. The Balaban J connectivity index is 1.97. The average Bonchev–Trinajstić information content (AvgIpc) is 3.22. The van der Waals surface area contributed by atoms with Crippen molar-refractivity contribution in [3.8, 4) is 0 Å². The van der Waals surface area contributed by atoms with Gasteiger partial charge in [-0.25, -0.2) is 4.99 Å². The highest BCUT2D eigenvalue weighted by Crippen LogP contribution is 2.27. The predicted octanol–water partition coefficient (Wildman–Crippen LogP) is 7.92. The molecule has 0 radical (unpaired) electrons. The highest BCUT2D eigenvalue weighted by Gasteiger charge is 2.42. The summed E-state index contributed by atoms with van der Waals surface area (Å²) in [6, 6.07) is 0. The van der Waals surface area contributed by atoms with E-state index < -0.39 is 0 Å². The zero-order valence-electron chi connectivity index (χ0n) is 22.6. The number of nitrogens with zero attached hydrogens (tertiary/aromatic N) is 2. The first-order valence-corrected chi connectivity index (χ1v) is 14.4. The number of hydrogen-bond acceptors (Lipinski definition) is 2. The van der Waals surface area contributed by atoms with E-state index in [1.807, 2.05) is 0 Å². The summed E-state index contributed by atoms with van der Waals surface area (Å²) in [5.41, 5.74) is 0. The molecule has 0 bridgehead atoms. The second-order valence-corrected chi connectivity index (χ2v) is 10.2. The van der Waals surface area contributed by atoms with Crippen molar-refractivity contribution in [2.75, 3.05) is 13.1 Å². The lowest BCUT2D eigenvalue weighted by molar-refractivity contribution is -0.959. The first kappa shape index (κ1) is 29.9. The molecule has 0 spiro atoms. The summed E-state index contributed by atoms with van der Waals surface area (Å²) in [4.78, 5) is 16.3. The summed E-state index contributed by atoms with van der Waals surface area (Å²) in [6.07, 6.45) is 30.2. The molecule has 1 aliphatic rings. The topological polar surface area (TPSA) is 41.5 Å². The number of aliphatic imine (C=N–C) groups is 1. The zero-order valence-corrected chi connectivity index (χ0v) is 22.6. The van der Waals surface area contributed by atoms with Crippen LogP contribution in [0.5, 0.6) is 0 Å². The Morgan fingerprint density at radius 1 is 0.909 bits per heavy atom. The molecule has 3 atom stereocenters. The molecule has 0 aromatic carbocycles. The lowest BCUT2D eigenvalue weighted by Gasteiger charge is -2.42. The summed E-state index contributed by atoms with van der Waals surface area (Å²) >= 11 is 0. The van der Waals surface area contributed by atoms with Gasteiger partial charge >= 0.3 is 0 Å². The third kappa shape index (κ3) is 12.8. The molecule has 0 aromatic rings. The Morgan fingerprint density at radius 3 is 1.94 bits per heavy atom.